The second kappa shape index (κ2) is 7.72. The first-order valence-corrected chi connectivity index (χ1v) is 7.91. The maximum absolute atomic E-state index is 12.1. The van der Waals surface area contributed by atoms with Gasteiger partial charge < -0.3 is 0 Å². The zero-order chi connectivity index (χ0) is 17.7. The summed E-state index contributed by atoms with van der Waals surface area (Å²) >= 11 is 0. The Kier molecular flexibility index (Phi) is 5.68. The Hall–Kier alpha value is -2.70. The lowest BCUT2D eigenvalue weighted by atomic mass is 10.1. The molecule has 0 aliphatic rings. The molecule has 7 nitrogen and oxygen atoms in total. The SMILES string of the molecule is Cc1nn(CC(C)C)c(C)c1CC(=O)NNC(=O)c1ccccn1. The molecule has 0 aliphatic heterocycles. The summed E-state index contributed by atoms with van der Waals surface area (Å²) in [5.74, 6) is -0.273. The molecule has 7 heteroatoms. The fraction of sp³-hybridized carbons (Fsp3) is 0.412. The summed E-state index contributed by atoms with van der Waals surface area (Å²) in [6, 6.07) is 5.00. The van der Waals surface area contributed by atoms with E-state index in [0.29, 0.717) is 5.92 Å². The van der Waals surface area contributed by atoms with Gasteiger partial charge in [0.1, 0.15) is 5.69 Å². The van der Waals surface area contributed by atoms with Crippen molar-refractivity contribution in [3.8, 4) is 0 Å². The minimum Gasteiger partial charge on any atom is -0.273 e. The molecule has 2 heterocycles. The molecule has 2 aromatic rings. The molecular formula is C17H23N5O2. The Labute approximate surface area is 141 Å². The summed E-state index contributed by atoms with van der Waals surface area (Å²) in [4.78, 5) is 27.9. The van der Waals surface area contributed by atoms with Crippen molar-refractivity contribution in [2.75, 3.05) is 0 Å². The van der Waals surface area contributed by atoms with Gasteiger partial charge in [0.05, 0.1) is 12.1 Å². The highest BCUT2D eigenvalue weighted by molar-refractivity contribution is 5.93. The zero-order valence-electron chi connectivity index (χ0n) is 14.5. The number of hydrazine groups is 1. The topological polar surface area (TPSA) is 88.9 Å². The normalized spacial score (nSPS) is 10.7. The third-order valence-corrected chi connectivity index (χ3v) is 3.62. The van der Waals surface area contributed by atoms with E-state index in [9.17, 15) is 9.59 Å². The smallest absolute Gasteiger partial charge is 0.273 e. The Morgan fingerprint density at radius 3 is 2.58 bits per heavy atom. The van der Waals surface area contributed by atoms with E-state index < -0.39 is 5.91 Å². The Morgan fingerprint density at radius 2 is 1.96 bits per heavy atom. The molecule has 0 unspecified atom stereocenters. The first-order chi connectivity index (χ1) is 11.4. The Morgan fingerprint density at radius 1 is 1.21 bits per heavy atom. The molecule has 2 amide bonds. The summed E-state index contributed by atoms with van der Waals surface area (Å²) in [6.45, 7) is 8.90. The van der Waals surface area contributed by atoms with Crippen LogP contribution in [0.3, 0.4) is 0 Å². The maximum Gasteiger partial charge on any atom is 0.288 e. The van der Waals surface area contributed by atoms with Crippen molar-refractivity contribution in [1.29, 1.82) is 0 Å². The molecule has 0 aromatic carbocycles. The van der Waals surface area contributed by atoms with Gasteiger partial charge in [0.25, 0.3) is 5.91 Å². The fourth-order valence-corrected chi connectivity index (χ4v) is 2.41. The molecule has 0 fully saturated rings. The third-order valence-electron chi connectivity index (χ3n) is 3.62. The van der Waals surface area contributed by atoms with Crippen LogP contribution in [0.15, 0.2) is 24.4 Å². The van der Waals surface area contributed by atoms with Crippen LogP contribution in [0, 0.1) is 19.8 Å². The molecule has 0 radical (unpaired) electrons. The number of nitrogens with zero attached hydrogens (tertiary/aromatic N) is 3. The molecule has 128 valence electrons. The first-order valence-electron chi connectivity index (χ1n) is 7.91. The minimum absolute atomic E-state index is 0.165. The van der Waals surface area contributed by atoms with Gasteiger partial charge in [0.15, 0.2) is 0 Å². The molecular weight excluding hydrogens is 306 g/mol. The summed E-state index contributed by atoms with van der Waals surface area (Å²) in [5.41, 5.74) is 7.73. The zero-order valence-corrected chi connectivity index (χ0v) is 14.5. The van der Waals surface area contributed by atoms with Gasteiger partial charge in [-0.1, -0.05) is 19.9 Å². The summed E-state index contributed by atoms with van der Waals surface area (Å²) in [5, 5.41) is 4.49. The Balaban J connectivity index is 1.95. The number of hydrogen-bond acceptors (Lipinski definition) is 4. The second-order valence-corrected chi connectivity index (χ2v) is 6.12. The average Bonchev–Trinajstić information content (AvgIpc) is 2.80. The van der Waals surface area contributed by atoms with Crippen molar-refractivity contribution in [2.45, 2.75) is 40.7 Å². The maximum atomic E-state index is 12.1. The van der Waals surface area contributed by atoms with E-state index in [2.05, 4.69) is 34.8 Å². The van der Waals surface area contributed by atoms with Crippen LogP contribution < -0.4 is 10.9 Å². The van der Waals surface area contributed by atoms with Gasteiger partial charge in [-0.25, -0.2) is 0 Å². The summed E-state index contributed by atoms with van der Waals surface area (Å²) in [6.07, 6.45) is 1.69. The largest absolute Gasteiger partial charge is 0.288 e. The molecule has 0 bridgehead atoms. The number of aromatic nitrogens is 3. The summed E-state index contributed by atoms with van der Waals surface area (Å²) in [7, 11) is 0. The molecule has 0 spiro atoms. The lowest BCUT2D eigenvalue weighted by molar-refractivity contribution is -0.121. The van der Waals surface area contributed by atoms with Crippen molar-refractivity contribution < 1.29 is 9.59 Å². The van der Waals surface area contributed by atoms with Crippen LogP contribution in [0.5, 0.6) is 0 Å². The highest BCUT2D eigenvalue weighted by Gasteiger charge is 2.16. The Bertz CT molecular complexity index is 722. The molecule has 0 aliphatic carbocycles. The van der Waals surface area contributed by atoms with Gasteiger partial charge in [-0.2, -0.15) is 5.10 Å². The van der Waals surface area contributed by atoms with E-state index in [1.54, 1.807) is 18.2 Å². The molecule has 2 aromatic heterocycles. The van der Waals surface area contributed by atoms with Crippen molar-refractivity contribution in [1.82, 2.24) is 25.6 Å². The fourth-order valence-electron chi connectivity index (χ4n) is 2.41. The van der Waals surface area contributed by atoms with Gasteiger partial charge in [-0.3, -0.25) is 30.1 Å². The van der Waals surface area contributed by atoms with Crippen LogP contribution in [-0.4, -0.2) is 26.6 Å². The number of carbonyl (C=O) groups excluding carboxylic acids is 2. The van der Waals surface area contributed by atoms with Crippen molar-refractivity contribution in [3.63, 3.8) is 0 Å². The minimum atomic E-state index is -0.451. The van der Waals surface area contributed by atoms with Gasteiger partial charge >= 0.3 is 0 Å². The number of pyridine rings is 1. The first kappa shape index (κ1) is 17.7. The van der Waals surface area contributed by atoms with Crippen molar-refractivity contribution in [2.24, 2.45) is 5.92 Å². The second-order valence-electron chi connectivity index (χ2n) is 6.12. The van der Waals surface area contributed by atoms with Crippen LogP contribution in [0.25, 0.3) is 0 Å². The molecule has 0 saturated heterocycles. The highest BCUT2D eigenvalue weighted by atomic mass is 16.2. The van der Waals surface area contributed by atoms with Crippen LogP contribution in [0.1, 0.15) is 41.3 Å². The third kappa shape index (κ3) is 4.41. The van der Waals surface area contributed by atoms with Crippen LogP contribution >= 0.6 is 0 Å². The van der Waals surface area contributed by atoms with E-state index in [4.69, 9.17) is 0 Å². The average molecular weight is 329 g/mol. The molecule has 24 heavy (non-hydrogen) atoms. The number of rotatable bonds is 5. The molecule has 0 atom stereocenters. The van der Waals surface area contributed by atoms with E-state index in [1.165, 1.54) is 6.20 Å². The summed E-state index contributed by atoms with van der Waals surface area (Å²) < 4.78 is 1.93. The highest BCUT2D eigenvalue weighted by Crippen LogP contribution is 2.15. The quantitative estimate of drug-likeness (QED) is 0.815. The van der Waals surface area contributed by atoms with E-state index in [1.807, 2.05) is 18.5 Å². The van der Waals surface area contributed by atoms with Crippen LogP contribution in [0.2, 0.25) is 0 Å². The van der Waals surface area contributed by atoms with E-state index >= 15 is 0 Å². The van der Waals surface area contributed by atoms with Crippen LogP contribution in [0.4, 0.5) is 0 Å². The number of aryl methyl sites for hydroxylation is 1. The lowest BCUT2D eigenvalue weighted by Crippen LogP contribution is -2.42. The van der Waals surface area contributed by atoms with Crippen molar-refractivity contribution >= 4 is 11.8 Å². The number of carbonyl (C=O) groups is 2. The predicted molar refractivity (Wildman–Crippen MR) is 90.1 cm³/mol. The standard InChI is InChI=1S/C17H23N5O2/c1-11(2)10-22-13(4)14(12(3)21-22)9-16(23)19-20-17(24)15-7-5-6-8-18-15/h5-8,11H,9-10H2,1-4H3,(H,19,23)(H,20,24). The van der Waals surface area contributed by atoms with Gasteiger partial charge in [-0.05, 0) is 31.9 Å². The molecule has 0 saturated carbocycles. The van der Waals surface area contributed by atoms with Crippen molar-refractivity contribution in [3.05, 3.63) is 47.0 Å². The number of hydrogen-bond donors (Lipinski definition) is 2. The van der Waals surface area contributed by atoms with Gasteiger partial charge in [0, 0.05) is 24.0 Å². The predicted octanol–water partition coefficient (Wildman–Crippen LogP) is 1.55. The molecule has 2 N–H and O–H groups in total. The van der Waals surface area contributed by atoms with Gasteiger partial charge in [-0.15, -0.1) is 0 Å². The van der Waals surface area contributed by atoms with E-state index in [0.717, 1.165) is 23.5 Å². The van der Waals surface area contributed by atoms with Crippen LogP contribution in [-0.2, 0) is 17.8 Å². The van der Waals surface area contributed by atoms with E-state index in [-0.39, 0.29) is 18.0 Å². The number of amides is 2. The van der Waals surface area contributed by atoms with Gasteiger partial charge in [0.2, 0.25) is 5.91 Å². The monoisotopic (exact) mass is 329 g/mol. The lowest BCUT2D eigenvalue weighted by Gasteiger charge is -2.09. The number of nitrogens with one attached hydrogen (secondary N) is 2. The molecule has 2 rings (SSSR count).